The lowest BCUT2D eigenvalue weighted by molar-refractivity contribution is -0.135. The average Bonchev–Trinajstić information content (AvgIpc) is 3.01. The van der Waals surface area contributed by atoms with E-state index in [0.717, 1.165) is 17.5 Å². The van der Waals surface area contributed by atoms with Crippen LogP contribution < -0.4 is 5.43 Å². The maximum Gasteiger partial charge on any atom is 0.270 e. The van der Waals surface area contributed by atoms with Gasteiger partial charge in [0, 0.05) is 44.9 Å². The van der Waals surface area contributed by atoms with E-state index in [-0.39, 0.29) is 55.5 Å². The number of amides is 3. The molecule has 1 N–H and O–H groups in total. The Morgan fingerprint density at radius 3 is 2.55 bits per heavy atom. The zero-order valence-electron chi connectivity index (χ0n) is 18.4. The average molecular weight is 450 g/mol. The summed E-state index contributed by atoms with van der Waals surface area (Å²) in [6.45, 7) is 1.51. The highest BCUT2D eigenvalue weighted by molar-refractivity contribution is 6.39. The quantitative estimate of drug-likeness (QED) is 0.683. The Labute approximate surface area is 192 Å². The molecule has 0 aliphatic carbocycles. The van der Waals surface area contributed by atoms with Crippen LogP contribution in [0, 0.1) is 0 Å². The molecule has 0 saturated carbocycles. The molecule has 3 heterocycles. The van der Waals surface area contributed by atoms with Crippen molar-refractivity contribution in [1.82, 2.24) is 20.2 Å². The van der Waals surface area contributed by atoms with Gasteiger partial charge in [-0.25, -0.2) is 5.43 Å². The normalized spacial score (nSPS) is 19.0. The van der Waals surface area contributed by atoms with Crippen molar-refractivity contribution < 1.29 is 19.1 Å². The minimum Gasteiger partial charge on any atom is -0.370 e. The Kier molecular flexibility index (Phi) is 7.41. The number of rotatable bonds is 7. The number of hydrogen-bond donors (Lipinski definition) is 1. The third-order valence-corrected chi connectivity index (χ3v) is 5.71. The van der Waals surface area contributed by atoms with Crippen molar-refractivity contribution in [2.75, 3.05) is 26.2 Å². The summed E-state index contributed by atoms with van der Waals surface area (Å²) in [5.74, 6) is -0.690. The van der Waals surface area contributed by atoms with Crippen LogP contribution in [0.25, 0.3) is 0 Å². The zero-order valence-corrected chi connectivity index (χ0v) is 18.4. The third kappa shape index (κ3) is 6.23. The largest absolute Gasteiger partial charge is 0.370 e. The van der Waals surface area contributed by atoms with Crippen LogP contribution in [0.3, 0.4) is 0 Å². The predicted octanol–water partition coefficient (Wildman–Crippen LogP) is 1.15. The molecule has 1 atom stereocenters. The number of nitrogens with one attached hydrogen (secondary N) is 1. The topological polar surface area (TPSA) is 104 Å². The van der Waals surface area contributed by atoms with E-state index in [9.17, 15) is 14.4 Å². The van der Waals surface area contributed by atoms with Gasteiger partial charge in [-0.05, 0) is 29.7 Å². The molecule has 1 aromatic heterocycles. The van der Waals surface area contributed by atoms with Crippen LogP contribution in [0.4, 0.5) is 0 Å². The Balaban J connectivity index is 1.47. The summed E-state index contributed by atoms with van der Waals surface area (Å²) in [4.78, 5) is 44.8. The second-order valence-electron chi connectivity index (χ2n) is 8.14. The Morgan fingerprint density at radius 1 is 1.03 bits per heavy atom. The molecule has 172 valence electrons. The molecular weight excluding hydrogens is 422 g/mol. The number of nitrogens with zero attached hydrogens (tertiary/aromatic N) is 4. The monoisotopic (exact) mass is 449 g/mol. The van der Waals surface area contributed by atoms with Gasteiger partial charge in [0.2, 0.25) is 11.8 Å². The van der Waals surface area contributed by atoms with Gasteiger partial charge in [-0.15, -0.1) is 0 Å². The van der Waals surface area contributed by atoms with E-state index in [1.54, 1.807) is 17.3 Å². The summed E-state index contributed by atoms with van der Waals surface area (Å²) in [6, 6.07) is 13.7. The van der Waals surface area contributed by atoms with Crippen molar-refractivity contribution in [2.45, 2.75) is 32.0 Å². The number of hydrazone groups is 1. The van der Waals surface area contributed by atoms with Crippen LogP contribution in [-0.2, 0) is 32.1 Å². The van der Waals surface area contributed by atoms with Gasteiger partial charge in [-0.3, -0.25) is 19.4 Å². The first-order chi connectivity index (χ1) is 16.1. The van der Waals surface area contributed by atoms with Crippen LogP contribution in [-0.4, -0.2) is 70.5 Å². The SMILES string of the molecule is O=C1CCC(C(=O)N2CC(=O)N(CCc3ccccc3)CC(OCc3ccncc3)C2)=NN1. The van der Waals surface area contributed by atoms with E-state index in [1.807, 2.05) is 42.5 Å². The summed E-state index contributed by atoms with van der Waals surface area (Å²) in [7, 11) is 0. The highest BCUT2D eigenvalue weighted by Crippen LogP contribution is 2.14. The zero-order chi connectivity index (χ0) is 23.0. The van der Waals surface area contributed by atoms with Gasteiger partial charge in [0.05, 0.1) is 12.7 Å². The number of carbonyl (C=O) groups excluding carboxylic acids is 3. The van der Waals surface area contributed by atoms with E-state index in [4.69, 9.17) is 4.74 Å². The van der Waals surface area contributed by atoms with E-state index in [1.165, 1.54) is 4.90 Å². The van der Waals surface area contributed by atoms with E-state index in [2.05, 4.69) is 15.5 Å². The standard InChI is InChI=1S/C24H27N5O4/c30-22-7-6-21(26-27-22)24(32)29-15-20(33-17-19-8-11-25-12-9-19)14-28(23(31)16-29)13-10-18-4-2-1-3-5-18/h1-5,8-9,11-12,20H,6-7,10,13-17H2,(H,27,30). The van der Waals surface area contributed by atoms with Gasteiger partial charge in [-0.1, -0.05) is 30.3 Å². The number of hydrogen-bond acceptors (Lipinski definition) is 6. The summed E-state index contributed by atoms with van der Waals surface area (Å²) in [6.07, 6.45) is 4.23. The lowest BCUT2D eigenvalue weighted by Gasteiger charge is -2.25. The summed E-state index contributed by atoms with van der Waals surface area (Å²) in [5.41, 5.74) is 4.72. The summed E-state index contributed by atoms with van der Waals surface area (Å²) in [5, 5.41) is 3.91. The molecule has 1 saturated heterocycles. The van der Waals surface area contributed by atoms with Gasteiger partial charge in [0.25, 0.3) is 5.91 Å². The van der Waals surface area contributed by atoms with Gasteiger partial charge in [0.15, 0.2) is 0 Å². The lowest BCUT2D eigenvalue weighted by atomic mass is 10.1. The maximum atomic E-state index is 13.1. The van der Waals surface area contributed by atoms with Crippen molar-refractivity contribution in [3.8, 4) is 0 Å². The van der Waals surface area contributed by atoms with Gasteiger partial charge < -0.3 is 14.5 Å². The second kappa shape index (κ2) is 10.8. The smallest absolute Gasteiger partial charge is 0.270 e. The molecule has 2 aliphatic rings. The van der Waals surface area contributed by atoms with Crippen molar-refractivity contribution in [1.29, 1.82) is 0 Å². The van der Waals surface area contributed by atoms with E-state index >= 15 is 0 Å². The van der Waals surface area contributed by atoms with Gasteiger partial charge in [0.1, 0.15) is 12.3 Å². The molecule has 1 fully saturated rings. The number of ether oxygens (including phenoxy) is 1. The molecule has 1 aromatic carbocycles. The highest BCUT2D eigenvalue weighted by atomic mass is 16.5. The first kappa shape index (κ1) is 22.6. The lowest BCUT2D eigenvalue weighted by Crippen LogP contribution is -2.45. The number of benzene rings is 1. The molecule has 9 nitrogen and oxygen atoms in total. The Hall–Kier alpha value is -3.59. The first-order valence-electron chi connectivity index (χ1n) is 11.1. The van der Waals surface area contributed by atoms with Crippen molar-refractivity contribution >= 4 is 23.4 Å². The van der Waals surface area contributed by atoms with Crippen molar-refractivity contribution in [3.05, 3.63) is 66.0 Å². The van der Waals surface area contributed by atoms with Crippen LogP contribution in [0.15, 0.2) is 60.0 Å². The molecular formula is C24H27N5O4. The van der Waals surface area contributed by atoms with Crippen molar-refractivity contribution in [2.24, 2.45) is 5.10 Å². The molecule has 0 radical (unpaired) electrons. The van der Waals surface area contributed by atoms with Crippen molar-refractivity contribution in [3.63, 3.8) is 0 Å². The number of pyridine rings is 1. The fourth-order valence-electron chi connectivity index (χ4n) is 3.87. The maximum absolute atomic E-state index is 13.1. The molecule has 3 amide bonds. The number of carbonyl (C=O) groups is 3. The Bertz CT molecular complexity index is 1010. The molecule has 9 heteroatoms. The molecule has 0 bridgehead atoms. The predicted molar refractivity (Wildman–Crippen MR) is 121 cm³/mol. The molecule has 2 aliphatic heterocycles. The Morgan fingerprint density at radius 2 is 1.82 bits per heavy atom. The molecule has 0 spiro atoms. The minimum absolute atomic E-state index is 0.0459. The van der Waals surface area contributed by atoms with Gasteiger partial charge in [-0.2, -0.15) is 5.10 Å². The van der Waals surface area contributed by atoms with E-state index in [0.29, 0.717) is 19.7 Å². The molecule has 4 rings (SSSR count). The van der Waals surface area contributed by atoms with Crippen LogP contribution >= 0.6 is 0 Å². The molecule has 33 heavy (non-hydrogen) atoms. The summed E-state index contributed by atoms with van der Waals surface area (Å²) < 4.78 is 6.14. The fraction of sp³-hybridized carbons (Fsp3) is 0.375. The first-order valence-corrected chi connectivity index (χ1v) is 11.1. The van der Waals surface area contributed by atoms with Crippen LogP contribution in [0.2, 0.25) is 0 Å². The molecule has 2 aromatic rings. The molecule has 1 unspecified atom stereocenters. The number of aromatic nitrogens is 1. The highest BCUT2D eigenvalue weighted by Gasteiger charge is 2.33. The fourth-order valence-corrected chi connectivity index (χ4v) is 3.87. The van der Waals surface area contributed by atoms with Crippen LogP contribution in [0.1, 0.15) is 24.0 Å². The van der Waals surface area contributed by atoms with Crippen LogP contribution in [0.5, 0.6) is 0 Å². The second-order valence-corrected chi connectivity index (χ2v) is 8.14. The van der Waals surface area contributed by atoms with Gasteiger partial charge >= 0.3 is 0 Å². The third-order valence-electron chi connectivity index (χ3n) is 5.71. The minimum atomic E-state index is -0.358. The van der Waals surface area contributed by atoms with E-state index < -0.39 is 0 Å². The summed E-state index contributed by atoms with van der Waals surface area (Å²) >= 11 is 0.